The highest BCUT2D eigenvalue weighted by molar-refractivity contribution is 7.87. The van der Waals surface area contributed by atoms with Gasteiger partial charge in [-0.25, -0.2) is 5.14 Å². The van der Waals surface area contributed by atoms with Crippen molar-refractivity contribution in [2.75, 3.05) is 0 Å². The van der Waals surface area contributed by atoms with Crippen molar-refractivity contribution in [2.24, 2.45) is 11.1 Å². The van der Waals surface area contributed by atoms with Gasteiger partial charge in [0, 0.05) is 11.1 Å². The number of hydrogen-bond acceptors (Lipinski definition) is 2. The molecule has 1 aromatic rings. The molecule has 0 bridgehead atoms. The molecule has 3 N–H and O–H groups in total. The lowest BCUT2D eigenvalue weighted by Gasteiger charge is -2.18. The number of hydrogen-bond donors (Lipinski definition) is 2. The number of rotatable bonds is 6. The van der Waals surface area contributed by atoms with E-state index in [4.69, 9.17) is 16.7 Å². The van der Waals surface area contributed by atoms with E-state index >= 15 is 0 Å². The minimum atomic E-state index is -3.71. The minimum absolute atomic E-state index is 0.306. The maximum Gasteiger partial charge on any atom is 0.274 e. The van der Waals surface area contributed by atoms with E-state index in [0.717, 1.165) is 12.0 Å². The monoisotopic (exact) mass is 290 g/mol. The molecule has 0 aromatic heterocycles. The van der Waals surface area contributed by atoms with E-state index < -0.39 is 10.2 Å². The third-order valence-electron chi connectivity index (χ3n) is 2.61. The van der Waals surface area contributed by atoms with Crippen LogP contribution in [0.15, 0.2) is 24.3 Å². The molecule has 0 aliphatic carbocycles. The fourth-order valence-corrected chi connectivity index (χ4v) is 2.46. The Morgan fingerprint density at radius 3 is 2.22 bits per heavy atom. The summed E-state index contributed by atoms with van der Waals surface area (Å²) in [6, 6.07) is 6.80. The van der Waals surface area contributed by atoms with Crippen LogP contribution in [0, 0.1) is 5.92 Å². The topological polar surface area (TPSA) is 72.2 Å². The highest BCUT2D eigenvalue weighted by atomic mass is 35.5. The predicted molar refractivity (Wildman–Crippen MR) is 74.5 cm³/mol. The van der Waals surface area contributed by atoms with Gasteiger partial charge in [-0.05, 0) is 36.5 Å². The number of halogens is 1. The maximum absolute atomic E-state index is 11.2. The van der Waals surface area contributed by atoms with E-state index in [-0.39, 0.29) is 6.04 Å². The molecule has 0 aliphatic rings. The Labute approximate surface area is 114 Å². The maximum atomic E-state index is 11.2. The lowest BCUT2D eigenvalue weighted by Crippen LogP contribution is -2.34. The van der Waals surface area contributed by atoms with Crippen molar-refractivity contribution < 1.29 is 8.42 Å². The SMILES string of the molecule is CC(C)CCC(NS(N)(=O)=O)c1ccc(Cl)cc1. The lowest BCUT2D eigenvalue weighted by atomic mass is 9.98. The molecule has 0 spiro atoms. The van der Waals surface area contributed by atoms with Gasteiger partial charge in [-0.2, -0.15) is 13.1 Å². The highest BCUT2D eigenvalue weighted by Crippen LogP contribution is 2.23. The van der Waals surface area contributed by atoms with Crippen LogP contribution >= 0.6 is 11.6 Å². The van der Waals surface area contributed by atoms with Gasteiger partial charge in [0.15, 0.2) is 0 Å². The summed E-state index contributed by atoms with van der Waals surface area (Å²) in [5.41, 5.74) is 0.870. The van der Waals surface area contributed by atoms with Crippen LogP contribution in [0.1, 0.15) is 38.3 Å². The Morgan fingerprint density at radius 2 is 1.78 bits per heavy atom. The molecule has 102 valence electrons. The second kappa shape index (κ2) is 6.52. The molecule has 0 aliphatic heterocycles. The van der Waals surface area contributed by atoms with E-state index in [2.05, 4.69) is 18.6 Å². The molecule has 1 rings (SSSR count). The fraction of sp³-hybridized carbons (Fsp3) is 0.500. The van der Waals surface area contributed by atoms with Crippen LogP contribution in [-0.2, 0) is 10.2 Å². The van der Waals surface area contributed by atoms with E-state index in [9.17, 15) is 8.42 Å². The van der Waals surface area contributed by atoms with Gasteiger partial charge in [0.2, 0.25) is 0 Å². The Morgan fingerprint density at radius 1 is 1.22 bits per heavy atom. The van der Waals surface area contributed by atoms with Crippen LogP contribution in [0.2, 0.25) is 5.02 Å². The Balaban J connectivity index is 2.85. The summed E-state index contributed by atoms with van der Waals surface area (Å²) in [5.74, 6) is 0.502. The van der Waals surface area contributed by atoms with E-state index in [1.165, 1.54) is 0 Å². The van der Waals surface area contributed by atoms with Crippen molar-refractivity contribution in [3.05, 3.63) is 34.9 Å². The van der Waals surface area contributed by atoms with Crippen molar-refractivity contribution >= 4 is 21.8 Å². The molecule has 0 saturated heterocycles. The van der Waals surface area contributed by atoms with Gasteiger partial charge in [0.25, 0.3) is 10.2 Å². The quantitative estimate of drug-likeness (QED) is 0.845. The second-order valence-electron chi connectivity index (χ2n) is 4.74. The Bertz CT molecular complexity index is 471. The van der Waals surface area contributed by atoms with Gasteiger partial charge in [-0.1, -0.05) is 37.6 Å². The summed E-state index contributed by atoms with van der Waals surface area (Å²) in [7, 11) is -3.71. The van der Waals surface area contributed by atoms with Crippen LogP contribution in [-0.4, -0.2) is 8.42 Å². The highest BCUT2D eigenvalue weighted by Gasteiger charge is 2.16. The van der Waals surface area contributed by atoms with Crippen molar-refractivity contribution in [1.82, 2.24) is 4.72 Å². The third-order valence-corrected chi connectivity index (χ3v) is 3.48. The zero-order valence-corrected chi connectivity index (χ0v) is 12.1. The molecular weight excluding hydrogens is 272 g/mol. The number of nitrogens with two attached hydrogens (primary N) is 1. The minimum Gasteiger partial charge on any atom is -0.216 e. The summed E-state index contributed by atoms with van der Waals surface area (Å²) in [6.07, 6.45) is 1.62. The van der Waals surface area contributed by atoms with Crippen LogP contribution in [0.25, 0.3) is 0 Å². The van der Waals surface area contributed by atoms with E-state index in [0.29, 0.717) is 17.4 Å². The predicted octanol–water partition coefficient (Wildman–Crippen LogP) is 2.61. The molecule has 18 heavy (non-hydrogen) atoms. The molecule has 4 nitrogen and oxygen atoms in total. The van der Waals surface area contributed by atoms with Gasteiger partial charge in [-0.15, -0.1) is 0 Å². The average Bonchev–Trinajstić information content (AvgIpc) is 2.23. The van der Waals surface area contributed by atoms with Gasteiger partial charge < -0.3 is 0 Å². The molecular formula is C12H19ClN2O2S. The van der Waals surface area contributed by atoms with Crippen molar-refractivity contribution in [2.45, 2.75) is 32.7 Å². The fourth-order valence-electron chi connectivity index (χ4n) is 1.69. The molecule has 1 unspecified atom stereocenters. The number of nitrogens with one attached hydrogen (secondary N) is 1. The Kier molecular flexibility index (Phi) is 5.59. The second-order valence-corrected chi connectivity index (χ2v) is 6.50. The van der Waals surface area contributed by atoms with Gasteiger partial charge in [0.05, 0.1) is 0 Å². The largest absolute Gasteiger partial charge is 0.274 e. The zero-order chi connectivity index (χ0) is 13.8. The summed E-state index contributed by atoms with van der Waals surface area (Å²) in [6.45, 7) is 4.19. The van der Waals surface area contributed by atoms with E-state index in [1.807, 2.05) is 12.1 Å². The molecule has 1 aromatic carbocycles. The first kappa shape index (κ1) is 15.4. The average molecular weight is 291 g/mol. The first-order chi connectivity index (χ1) is 8.28. The standard InChI is InChI=1S/C12H19ClN2O2S/c1-9(2)3-8-12(15-18(14,16)17)10-4-6-11(13)7-5-10/h4-7,9,12,15H,3,8H2,1-2H3,(H2,14,16,17). The van der Waals surface area contributed by atoms with Crippen LogP contribution in [0.3, 0.4) is 0 Å². The number of benzene rings is 1. The van der Waals surface area contributed by atoms with Crippen molar-refractivity contribution in [3.63, 3.8) is 0 Å². The smallest absolute Gasteiger partial charge is 0.216 e. The molecule has 0 fully saturated rings. The molecule has 6 heteroatoms. The van der Waals surface area contributed by atoms with Crippen molar-refractivity contribution in [1.29, 1.82) is 0 Å². The van der Waals surface area contributed by atoms with Crippen LogP contribution in [0.4, 0.5) is 0 Å². The molecule has 1 atom stereocenters. The molecule has 0 amide bonds. The first-order valence-electron chi connectivity index (χ1n) is 5.83. The normalized spacial score (nSPS) is 13.8. The summed E-state index contributed by atoms with van der Waals surface area (Å²) >= 11 is 5.81. The van der Waals surface area contributed by atoms with Crippen LogP contribution in [0.5, 0.6) is 0 Å². The van der Waals surface area contributed by atoms with Crippen molar-refractivity contribution in [3.8, 4) is 0 Å². The summed E-state index contributed by atoms with van der Waals surface area (Å²) in [4.78, 5) is 0. The third kappa shape index (κ3) is 5.82. The first-order valence-corrected chi connectivity index (χ1v) is 7.76. The molecule has 0 radical (unpaired) electrons. The summed E-state index contributed by atoms with van der Waals surface area (Å²) in [5, 5.41) is 5.67. The van der Waals surface area contributed by atoms with Gasteiger partial charge >= 0.3 is 0 Å². The summed E-state index contributed by atoms with van der Waals surface area (Å²) < 4.78 is 24.8. The van der Waals surface area contributed by atoms with Gasteiger partial charge in [-0.3, -0.25) is 0 Å². The van der Waals surface area contributed by atoms with Gasteiger partial charge in [0.1, 0.15) is 0 Å². The Hall–Kier alpha value is -0.620. The zero-order valence-electron chi connectivity index (χ0n) is 10.6. The molecule has 0 heterocycles. The van der Waals surface area contributed by atoms with E-state index in [1.54, 1.807) is 12.1 Å². The molecule has 0 saturated carbocycles. The van der Waals surface area contributed by atoms with Crippen LogP contribution < -0.4 is 9.86 Å². The lowest BCUT2D eigenvalue weighted by molar-refractivity contribution is 0.477.